The number of benzene rings is 2. The zero-order valence-corrected chi connectivity index (χ0v) is 15.1. The second-order valence-corrected chi connectivity index (χ2v) is 6.61. The van der Waals surface area contributed by atoms with Gasteiger partial charge in [0.25, 0.3) is 0 Å². The van der Waals surface area contributed by atoms with Crippen molar-refractivity contribution < 1.29 is 14.3 Å². The first-order valence-corrected chi connectivity index (χ1v) is 8.87. The summed E-state index contributed by atoms with van der Waals surface area (Å²) in [5, 5.41) is 0. The number of carbonyl (C=O) groups excluding carboxylic acids is 2. The predicted molar refractivity (Wildman–Crippen MR) is 101 cm³/mol. The Morgan fingerprint density at radius 2 is 1.88 bits per heavy atom. The molecule has 0 aliphatic carbocycles. The molecular formula is C21H24N2O3. The third-order valence-corrected chi connectivity index (χ3v) is 5.04. The van der Waals surface area contributed by atoms with Crippen LogP contribution in [0.4, 0.5) is 5.69 Å². The number of ether oxygens (including phenoxy) is 1. The molecule has 2 N–H and O–H groups in total. The molecule has 0 radical (unpaired) electrons. The van der Waals surface area contributed by atoms with Gasteiger partial charge in [-0.2, -0.15) is 0 Å². The molecule has 0 bridgehead atoms. The van der Waals surface area contributed by atoms with Crippen LogP contribution in [-0.2, 0) is 16.0 Å². The van der Waals surface area contributed by atoms with E-state index in [1.165, 1.54) is 0 Å². The normalized spacial score (nSPS) is 17.3. The zero-order chi connectivity index (χ0) is 18.7. The Morgan fingerprint density at radius 1 is 1.19 bits per heavy atom. The van der Waals surface area contributed by atoms with Gasteiger partial charge in [0.1, 0.15) is 5.75 Å². The van der Waals surface area contributed by atoms with E-state index >= 15 is 0 Å². The molecule has 2 aromatic carbocycles. The molecule has 0 saturated heterocycles. The quantitative estimate of drug-likeness (QED) is 0.899. The van der Waals surface area contributed by atoms with Crippen LogP contribution in [0.3, 0.4) is 0 Å². The topological polar surface area (TPSA) is 72.6 Å². The highest BCUT2D eigenvalue weighted by Gasteiger charge is 2.34. The summed E-state index contributed by atoms with van der Waals surface area (Å²) in [4.78, 5) is 26.9. The maximum atomic E-state index is 13.4. The van der Waals surface area contributed by atoms with Crippen molar-refractivity contribution in [1.29, 1.82) is 0 Å². The number of anilines is 1. The smallest absolute Gasteiger partial charge is 0.234 e. The first-order chi connectivity index (χ1) is 12.5. The van der Waals surface area contributed by atoms with E-state index in [4.69, 9.17) is 10.5 Å². The third-order valence-electron chi connectivity index (χ3n) is 5.04. The number of primary amides is 1. The molecule has 2 aromatic rings. The van der Waals surface area contributed by atoms with Crippen LogP contribution in [0.15, 0.2) is 48.5 Å². The molecule has 5 heteroatoms. The number of carbonyl (C=O) groups is 2. The van der Waals surface area contributed by atoms with Gasteiger partial charge in [-0.25, -0.2) is 0 Å². The Bertz CT molecular complexity index is 801. The molecule has 2 unspecified atom stereocenters. The first-order valence-electron chi connectivity index (χ1n) is 8.87. The SMILES string of the molecule is CCC(C(=O)N1CC(C(N)=O)Cc2ccccc21)c1ccc(OC)cc1. The molecule has 136 valence electrons. The van der Waals surface area contributed by atoms with Gasteiger partial charge in [-0.1, -0.05) is 37.3 Å². The van der Waals surface area contributed by atoms with E-state index in [1.54, 1.807) is 12.0 Å². The summed E-state index contributed by atoms with van der Waals surface area (Å²) in [5.74, 6) is -0.248. The van der Waals surface area contributed by atoms with Crippen molar-refractivity contribution in [2.75, 3.05) is 18.6 Å². The van der Waals surface area contributed by atoms with E-state index in [0.29, 0.717) is 19.4 Å². The van der Waals surface area contributed by atoms with Gasteiger partial charge in [-0.05, 0) is 42.2 Å². The second-order valence-electron chi connectivity index (χ2n) is 6.61. The largest absolute Gasteiger partial charge is 0.497 e. The lowest BCUT2D eigenvalue weighted by molar-refractivity contribution is -0.122. The molecule has 3 rings (SSSR count). The van der Waals surface area contributed by atoms with Gasteiger partial charge in [-0.3, -0.25) is 9.59 Å². The van der Waals surface area contributed by atoms with Crippen molar-refractivity contribution in [3.8, 4) is 5.75 Å². The van der Waals surface area contributed by atoms with Crippen LogP contribution in [-0.4, -0.2) is 25.5 Å². The van der Waals surface area contributed by atoms with Gasteiger partial charge in [-0.15, -0.1) is 0 Å². The van der Waals surface area contributed by atoms with Gasteiger partial charge >= 0.3 is 0 Å². The van der Waals surface area contributed by atoms with E-state index in [0.717, 1.165) is 22.6 Å². The van der Waals surface area contributed by atoms with Crippen LogP contribution < -0.4 is 15.4 Å². The molecular weight excluding hydrogens is 328 g/mol. The van der Waals surface area contributed by atoms with Crippen LogP contribution in [0.25, 0.3) is 0 Å². The Labute approximate surface area is 153 Å². The molecule has 0 aromatic heterocycles. The van der Waals surface area contributed by atoms with Crippen molar-refractivity contribution in [3.05, 3.63) is 59.7 Å². The lowest BCUT2D eigenvalue weighted by Crippen LogP contribution is -2.46. The summed E-state index contributed by atoms with van der Waals surface area (Å²) in [6, 6.07) is 15.3. The average molecular weight is 352 g/mol. The average Bonchev–Trinajstić information content (AvgIpc) is 2.68. The molecule has 2 atom stereocenters. The number of fused-ring (bicyclic) bond motifs is 1. The minimum Gasteiger partial charge on any atom is -0.497 e. The summed E-state index contributed by atoms with van der Waals surface area (Å²) >= 11 is 0. The Morgan fingerprint density at radius 3 is 2.50 bits per heavy atom. The Balaban J connectivity index is 1.94. The molecule has 0 spiro atoms. The second kappa shape index (κ2) is 7.60. The van der Waals surface area contributed by atoms with Crippen molar-refractivity contribution in [1.82, 2.24) is 0 Å². The molecule has 0 saturated carbocycles. The summed E-state index contributed by atoms with van der Waals surface area (Å²) in [7, 11) is 1.62. The summed E-state index contributed by atoms with van der Waals surface area (Å²) < 4.78 is 5.20. The summed E-state index contributed by atoms with van der Waals surface area (Å²) in [5.41, 5.74) is 8.35. The minimum absolute atomic E-state index is 0.00364. The van der Waals surface area contributed by atoms with E-state index < -0.39 is 0 Å². The number of nitrogens with two attached hydrogens (primary N) is 1. The fourth-order valence-electron chi connectivity index (χ4n) is 3.57. The van der Waals surface area contributed by atoms with Gasteiger partial charge in [0.05, 0.1) is 18.9 Å². The number of nitrogens with zero attached hydrogens (tertiary/aromatic N) is 1. The van der Waals surface area contributed by atoms with Crippen molar-refractivity contribution in [3.63, 3.8) is 0 Å². The van der Waals surface area contributed by atoms with Crippen LogP contribution in [0.2, 0.25) is 0 Å². The summed E-state index contributed by atoms with van der Waals surface area (Å²) in [6.07, 6.45) is 1.25. The Hall–Kier alpha value is -2.82. The van der Waals surface area contributed by atoms with Gasteiger partial charge < -0.3 is 15.4 Å². The minimum atomic E-state index is -0.366. The van der Waals surface area contributed by atoms with Crippen LogP contribution >= 0.6 is 0 Å². The molecule has 1 aliphatic heterocycles. The number of rotatable bonds is 5. The fourth-order valence-corrected chi connectivity index (χ4v) is 3.57. The number of amides is 2. The first kappa shape index (κ1) is 18.0. The predicted octanol–water partition coefficient (Wildman–Crippen LogP) is 2.88. The number of methoxy groups -OCH3 is 1. The van der Waals surface area contributed by atoms with Crippen LogP contribution in [0.5, 0.6) is 5.75 Å². The van der Waals surface area contributed by atoms with Crippen LogP contribution in [0, 0.1) is 5.92 Å². The number of para-hydroxylation sites is 1. The fraction of sp³-hybridized carbons (Fsp3) is 0.333. The van der Waals surface area contributed by atoms with Crippen molar-refractivity contribution >= 4 is 17.5 Å². The van der Waals surface area contributed by atoms with Gasteiger partial charge in [0.2, 0.25) is 11.8 Å². The van der Waals surface area contributed by atoms with E-state index in [-0.39, 0.29) is 23.7 Å². The molecule has 0 fully saturated rings. The highest BCUT2D eigenvalue weighted by Crippen LogP contribution is 2.33. The molecule has 1 aliphatic rings. The lowest BCUT2D eigenvalue weighted by Gasteiger charge is -2.35. The lowest BCUT2D eigenvalue weighted by atomic mass is 9.89. The molecule has 2 amide bonds. The monoisotopic (exact) mass is 352 g/mol. The van der Waals surface area contributed by atoms with Crippen molar-refractivity contribution in [2.24, 2.45) is 11.7 Å². The van der Waals surface area contributed by atoms with Gasteiger partial charge in [0.15, 0.2) is 0 Å². The summed E-state index contributed by atoms with van der Waals surface area (Å²) in [6.45, 7) is 2.33. The maximum absolute atomic E-state index is 13.4. The zero-order valence-electron chi connectivity index (χ0n) is 15.1. The highest BCUT2D eigenvalue weighted by atomic mass is 16.5. The third kappa shape index (κ3) is 3.43. The molecule has 26 heavy (non-hydrogen) atoms. The maximum Gasteiger partial charge on any atom is 0.234 e. The van der Waals surface area contributed by atoms with Crippen molar-refractivity contribution in [2.45, 2.75) is 25.7 Å². The van der Waals surface area contributed by atoms with E-state index in [2.05, 4.69) is 0 Å². The van der Waals surface area contributed by atoms with E-state index in [9.17, 15) is 9.59 Å². The van der Waals surface area contributed by atoms with Crippen LogP contribution in [0.1, 0.15) is 30.4 Å². The standard InChI is InChI=1S/C21H24N2O3/c1-3-18(14-8-10-17(26-2)11-9-14)21(25)23-13-16(20(22)24)12-15-6-4-5-7-19(15)23/h4-11,16,18H,3,12-13H2,1-2H3,(H2,22,24). The molecule has 1 heterocycles. The molecule has 5 nitrogen and oxygen atoms in total. The number of hydrogen-bond donors (Lipinski definition) is 1. The number of hydrogen-bond acceptors (Lipinski definition) is 3. The highest BCUT2D eigenvalue weighted by molar-refractivity contribution is 6.00. The Kier molecular flexibility index (Phi) is 5.26. The van der Waals surface area contributed by atoms with E-state index in [1.807, 2.05) is 55.5 Å². The van der Waals surface area contributed by atoms with Gasteiger partial charge in [0, 0.05) is 12.2 Å².